The molecule has 0 spiro atoms. The molecule has 0 aliphatic heterocycles. The van der Waals surface area contributed by atoms with Crippen LogP contribution in [0, 0.1) is 0 Å². The normalized spacial score (nSPS) is 11.4. The van der Waals surface area contributed by atoms with Crippen LogP contribution in [0.4, 0.5) is 5.69 Å². The number of rotatable bonds is 12. The fraction of sp³-hybridized carbons (Fsp3) is 0.296. The quantitative estimate of drug-likeness (QED) is 0.158. The molecule has 0 aliphatic rings. The van der Waals surface area contributed by atoms with Gasteiger partial charge in [-0.2, -0.15) is 0 Å². The molecule has 3 N–H and O–H groups in total. The Balaban J connectivity index is 1.57. The van der Waals surface area contributed by atoms with Crippen molar-refractivity contribution in [2.24, 2.45) is 0 Å². The molecule has 0 aliphatic carbocycles. The van der Waals surface area contributed by atoms with Gasteiger partial charge in [0.05, 0.1) is 19.2 Å². The van der Waals surface area contributed by atoms with Gasteiger partial charge in [-0.15, -0.1) is 0 Å². The van der Waals surface area contributed by atoms with E-state index in [1.54, 1.807) is 32.4 Å². The molecule has 2 amide bonds. The number of amides is 2. The highest BCUT2D eigenvalue weighted by Crippen LogP contribution is 2.27. The number of carbonyl (C=O) groups excluding carboxylic acids is 2. The lowest BCUT2D eigenvalue weighted by Gasteiger charge is -2.15. The minimum atomic E-state index is -0.454. The molecule has 8 nitrogen and oxygen atoms in total. The van der Waals surface area contributed by atoms with Crippen LogP contribution in [0.25, 0.3) is 10.9 Å². The summed E-state index contributed by atoms with van der Waals surface area (Å²) in [5.41, 5.74) is 2.01. The van der Waals surface area contributed by atoms with Gasteiger partial charge < -0.3 is 25.4 Å². The van der Waals surface area contributed by atoms with Crippen molar-refractivity contribution in [3.63, 3.8) is 0 Å². The van der Waals surface area contributed by atoms with E-state index in [0.29, 0.717) is 43.3 Å². The molecule has 184 valence electrons. The van der Waals surface area contributed by atoms with Crippen molar-refractivity contribution in [2.45, 2.75) is 26.7 Å². The largest absolute Gasteiger partial charge is 0.497 e. The van der Waals surface area contributed by atoms with Gasteiger partial charge in [-0.3, -0.25) is 14.6 Å². The number of pyridine rings is 1. The topological polar surface area (TPSA) is 102 Å². The molecule has 2 aromatic carbocycles. The van der Waals surface area contributed by atoms with Gasteiger partial charge in [-0.25, -0.2) is 0 Å². The molecular formula is C27H32N4O4. The summed E-state index contributed by atoms with van der Waals surface area (Å²) in [6.07, 6.45) is 3.13. The molecule has 3 rings (SSSR count). The number of ether oxygens (including phenoxy) is 2. The minimum absolute atomic E-state index is 0.0669. The fourth-order valence-electron chi connectivity index (χ4n) is 3.46. The van der Waals surface area contributed by atoms with Crippen LogP contribution in [0.5, 0.6) is 11.5 Å². The molecule has 35 heavy (non-hydrogen) atoms. The maximum atomic E-state index is 12.9. The molecule has 8 heteroatoms. The van der Waals surface area contributed by atoms with E-state index in [0.717, 1.165) is 23.1 Å². The summed E-state index contributed by atoms with van der Waals surface area (Å²) in [6.45, 7) is 5.18. The number of nitrogens with zero attached hydrogens (tertiary/aromatic N) is 1. The standard InChI is InChI=1S/C27H32N4O4/c1-4-14-28-19(2)25(27(33)31-20-9-6-5-7-10-20)26(32)30-15-8-17-35-24-13-16-29-23-18-21(34-3)11-12-22(23)24/h5-7,9-13,16,18,28H,4,8,14-15,17H2,1-3H3,(H,30,32)(H,31,33)/b25-19-. The Labute approximate surface area is 205 Å². The lowest BCUT2D eigenvalue weighted by atomic mass is 10.1. The van der Waals surface area contributed by atoms with Crippen LogP contribution in [-0.2, 0) is 9.59 Å². The number of benzene rings is 2. The maximum absolute atomic E-state index is 12.9. The number of aromatic nitrogens is 1. The molecule has 0 saturated heterocycles. The van der Waals surface area contributed by atoms with Crippen LogP contribution in [-0.4, -0.2) is 43.6 Å². The smallest absolute Gasteiger partial charge is 0.263 e. The highest BCUT2D eigenvalue weighted by Gasteiger charge is 2.21. The summed E-state index contributed by atoms with van der Waals surface area (Å²) >= 11 is 0. The van der Waals surface area contributed by atoms with Crippen molar-refractivity contribution in [3.8, 4) is 11.5 Å². The number of carbonyl (C=O) groups is 2. The van der Waals surface area contributed by atoms with E-state index in [1.807, 2.05) is 49.4 Å². The second-order valence-electron chi connectivity index (χ2n) is 7.90. The average molecular weight is 477 g/mol. The molecule has 1 aromatic heterocycles. The average Bonchev–Trinajstić information content (AvgIpc) is 2.87. The molecule has 0 unspecified atom stereocenters. The summed E-state index contributed by atoms with van der Waals surface area (Å²) < 4.78 is 11.2. The lowest BCUT2D eigenvalue weighted by molar-refractivity contribution is -0.121. The number of methoxy groups -OCH3 is 1. The van der Waals surface area contributed by atoms with Crippen molar-refractivity contribution in [2.75, 3.05) is 32.1 Å². The van der Waals surface area contributed by atoms with E-state index in [4.69, 9.17) is 9.47 Å². The Kier molecular flexibility index (Phi) is 9.48. The Morgan fingerprint density at radius 2 is 1.77 bits per heavy atom. The summed E-state index contributed by atoms with van der Waals surface area (Å²) in [4.78, 5) is 30.2. The van der Waals surface area contributed by atoms with E-state index < -0.39 is 11.8 Å². The first-order valence-corrected chi connectivity index (χ1v) is 11.7. The van der Waals surface area contributed by atoms with Crippen LogP contribution in [0.15, 0.2) is 72.1 Å². The molecule has 0 atom stereocenters. The maximum Gasteiger partial charge on any atom is 0.263 e. The predicted octanol–water partition coefficient (Wildman–Crippen LogP) is 4.04. The van der Waals surface area contributed by atoms with Crippen LogP contribution < -0.4 is 25.4 Å². The van der Waals surface area contributed by atoms with E-state index in [9.17, 15) is 9.59 Å². The summed E-state index contributed by atoms with van der Waals surface area (Å²) in [7, 11) is 1.61. The number of anilines is 1. The van der Waals surface area contributed by atoms with E-state index in [1.165, 1.54) is 0 Å². The van der Waals surface area contributed by atoms with Gasteiger partial charge in [-0.05, 0) is 50.1 Å². The van der Waals surface area contributed by atoms with Crippen LogP contribution in [0.3, 0.4) is 0 Å². The van der Waals surface area contributed by atoms with Gasteiger partial charge in [0.15, 0.2) is 0 Å². The third-order valence-corrected chi connectivity index (χ3v) is 5.28. The van der Waals surface area contributed by atoms with E-state index in [-0.39, 0.29) is 5.57 Å². The second-order valence-corrected chi connectivity index (χ2v) is 7.90. The number of hydrogen-bond donors (Lipinski definition) is 3. The predicted molar refractivity (Wildman–Crippen MR) is 137 cm³/mol. The third-order valence-electron chi connectivity index (χ3n) is 5.28. The summed E-state index contributed by atoms with van der Waals surface area (Å²) in [5, 5.41) is 9.66. The zero-order valence-electron chi connectivity index (χ0n) is 20.4. The number of para-hydroxylation sites is 1. The van der Waals surface area contributed by atoms with E-state index >= 15 is 0 Å². The number of allylic oxidation sites excluding steroid dienone is 1. The van der Waals surface area contributed by atoms with Gasteiger partial charge in [0.2, 0.25) is 0 Å². The third kappa shape index (κ3) is 7.20. The Bertz CT molecular complexity index is 1180. The number of fused-ring (bicyclic) bond motifs is 1. The van der Waals surface area contributed by atoms with Crippen molar-refractivity contribution in [3.05, 3.63) is 72.1 Å². The van der Waals surface area contributed by atoms with Gasteiger partial charge in [-0.1, -0.05) is 25.1 Å². The molecule has 1 heterocycles. The Hall–Kier alpha value is -4.07. The monoisotopic (exact) mass is 476 g/mol. The van der Waals surface area contributed by atoms with Crippen LogP contribution >= 0.6 is 0 Å². The zero-order valence-corrected chi connectivity index (χ0v) is 20.4. The van der Waals surface area contributed by atoms with Gasteiger partial charge in [0.1, 0.15) is 17.1 Å². The SMILES string of the molecule is CCCN/C(C)=C(/C(=O)NCCCOc1ccnc2cc(OC)ccc12)C(=O)Nc1ccccc1. The van der Waals surface area contributed by atoms with Gasteiger partial charge in [0, 0.05) is 42.1 Å². The van der Waals surface area contributed by atoms with Crippen molar-refractivity contribution < 1.29 is 19.1 Å². The van der Waals surface area contributed by atoms with Gasteiger partial charge in [0.25, 0.3) is 11.8 Å². The highest BCUT2D eigenvalue weighted by atomic mass is 16.5. The van der Waals surface area contributed by atoms with Crippen molar-refractivity contribution in [1.82, 2.24) is 15.6 Å². The number of hydrogen-bond acceptors (Lipinski definition) is 6. The van der Waals surface area contributed by atoms with Crippen LogP contribution in [0.2, 0.25) is 0 Å². The molecule has 0 bridgehead atoms. The number of nitrogens with one attached hydrogen (secondary N) is 3. The van der Waals surface area contributed by atoms with E-state index in [2.05, 4.69) is 20.9 Å². The fourth-order valence-corrected chi connectivity index (χ4v) is 3.46. The minimum Gasteiger partial charge on any atom is -0.497 e. The lowest BCUT2D eigenvalue weighted by Crippen LogP contribution is -2.35. The first-order chi connectivity index (χ1) is 17.0. The molecule has 0 saturated carbocycles. The van der Waals surface area contributed by atoms with Gasteiger partial charge >= 0.3 is 0 Å². The molecule has 0 radical (unpaired) electrons. The molecular weight excluding hydrogens is 444 g/mol. The summed E-state index contributed by atoms with van der Waals surface area (Å²) in [6, 6.07) is 16.5. The second kappa shape index (κ2) is 13.0. The molecule has 0 fully saturated rings. The van der Waals surface area contributed by atoms with Crippen molar-refractivity contribution >= 4 is 28.4 Å². The Morgan fingerprint density at radius 3 is 2.51 bits per heavy atom. The zero-order chi connectivity index (χ0) is 25.0. The van der Waals surface area contributed by atoms with Crippen LogP contribution in [0.1, 0.15) is 26.7 Å². The van der Waals surface area contributed by atoms with Crippen molar-refractivity contribution in [1.29, 1.82) is 0 Å². The summed E-state index contributed by atoms with van der Waals surface area (Å²) in [5.74, 6) is 0.561. The first-order valence-electron chi connectivity index (χ1n) is 11.7. The Morgan fingerprint density at radius 1 is 0.971 bits per heavy atom. The highest BCUT2D eigenvalue weighted by molar-refractivity contribution is 6.23. The molecule has 3 aromatic rings. The first kappa shape index (κ1) is 25.6.